The highest BCUT2D eigenvalue weighted by atomic mass is 35.5. The maximum absolute atomic E-state index is 11.0. The van der Waals surface area contributed by atoms with Crippen LogP contribution in [0.5, 0.6) is 0 Å². The average molecular weight is 202 g/mol. The molecule has 0 aromatic carbocycles. The molecule has 1 saturated heterocycles. The summed E-state index contributed by atoms with van der Waals surface area (Å²) in [4.78, 5) is 11.0. The van der Waals surface area contributed by atoms with Crippen molar-refractivity contribution < 1.29 is 9.53 Å². The van der Waals surface area contributed by atoms with Crippen LogP contribution in [0.3, 0.4) is 0 Å². The Labute approximate surface area is 80.0 Å². The van der Waals surface area contributed by atoms with Gasteiger partial charge in [0.1, 0.15) is 0 Å². The lowest BCUT2D eigenvalue weighted by Crippen LogP contribution is -2.24. The molecule has 0 saturated carbocycles. The molecule has 2 amide bonds. The third-order valence-electron chi connectivity index (χ3n) is 1.72. The minimum Gasteiger partial charge on any atom is -0.429 e. The molecule has 6 heteroatoms. The van der Waals surface area contributed by atoms with E-state index in [1.807, 2.05) is 0 Å². The van der Waals surface area contributed by atoms with Gasteiger partial charge in [0.25, 0.3) is 0 Å². The highest BCUT2D eigenvalue weighted by Crippen LogP contribution is 2.16. The predicted molar refractivity (Wildman–Crippen MR) is 47.2 cm³/mol. The summed E-state index contributed by atoms with van der Waals surface area (Å²) in [5, 5.41) is 8.26. The van der Waals surface area contributed by atoms with Gasteiger partial charge in [-0.3, -0.25) is 0 Å². The number of rotatable bonds is 1. The number of hydrogen-bond donors (Lipinski definition) is 1. The quantitative estimate of drug-likeness (QED) is 0.683. The molecule has 2 aliphatic heterocycles. The van der Waals surface area contributed by atoms with Crippen molar-refractivity contribution in [3.8, 4) is 0 Å². The third kappa shape index (κ3) is 1.75. The normalized spacial score (nSPS) is 24.7. The Morgan fingerprint density at radius 3 is 3.08 bits per heavy atom. The SMILES string of the molecule is O=C1NCCN1N=C1CC=C(Cl)O1. The summed E-state index contributed by atoms with van der Waals surface area (Å²) in [6.07, 6.45) is 2.25. The first-order valence-electron chi connectivity index (χ1n) is 3.92. The summed E-state index contributed by atoms with van der Waals surface area (Å²) in [7, 11) is 0. The van der Waals surface area contributed by atoms with E-state index >= 15 is 0 Å². The molecule has 5 nitrogen and oxygen atoms in total. The van der Waals surface area contributed by atoms with Crippen molar-refractivity contribution >= 4 is 23.5 Å². The molecule has 0 atom stereocenters. The zero-order chi connectivity index (χ0) is 9.26. The monoisotopic (exact) mass is 201 g/mol. The largest absolute Gasteiger partial charge is 0.429 e. The molecule has 13 heavy (non-hydrogen) atoms. The van der Waals surface area contributed by atoms with E-state index in [4.69, 9.17) is 16.3 Å². The number of nitrogens with one attached hydrogen (secondary N) is 1. The van der Waals surface area contributed by atoms with E-state index in [1.54, 1.807) is 6.08 Å². The minimum atomic E-state index is -0.195. The predicted octanol–water partition coefficient (Wildman–Crippen LogP) is 0.826. The van der Waals surface area contributed by atoms with Gasteiger partial charge in [0.15, 0.2) is 5.22 Å². The first kappa shape index (κ1) is 8.37. The smallest absolute Gasteiger partial charge is 0.338 e. The van der Waals surface area contributed by atoms with Crippen molar-refractivity contribution in [2.75, 3.05) is 13.1 Å². The summed E-state index contributed by atoms with van der Waals surface area (Å²) in [6.45, 7) is 1.19. The number of hydrogen-bond acceptors (Lipinski definition) is 3. The van der Waals surface area contributed by atoms with Crippen molar-refractivity contribution in [2.45, 2.75) is 6.42 Å². The molecule has 1 N–H and O–H groups in total. The molecule has 0 bridgehead atoms. The van der Waals surface area contributed by atoms with Crippen molar-refractivity contribution in [1.29, 1.82) is 0 Å². The molecular formula is C7H8ClN3O2. The van der Waals surface area contributed by atoms with E-state index in [9.17, 15) is 4.79 Å². The van der Waals surface area contributed by atoms with Gasteiger partial charge in [0.05, 0.1) is 6.54 Å². The van der Waals surface area contributed by atoms with Crippen LogP contribution in [0.1, 0.15) is 6.42 Å². The van der Waals surface area contributed by atoms with Gasteiger partial charge in [-0.25, -0.2) is 9.80 Å². The van der Waals surface area contributed by atoms with Crippen LogP contribution in [0.25, 0.3) is 0 Å². The number of amides is 2. The number of hydrazone groups is 1. The van der Waals surface area contributed by atoms with Gasteiger partial charge in [-0.1, -0.05) is 0 Å². The van der Waals surface area contributed by atoms with Crippen molar-refractivity contribution in [1.82, 2.24) is 10.3 Å². The standard InChI is InChI=1S/C7H8ClN3O2/c8-5-1-2-6(13-5)10-11-4-3-9-7(11)12/h1H,2-4H2,(H,9,12). The van der Waals surface area contributed by atoms with Crippen LogP contribution in [0, 0.1) is 0 Å². The Hall–Kier alpha value is -1.23. The van der Waals surface area contributed by atoms with E-state index in [0.717, 1.165) is 0 Å². The summed E-state index contributed by atoms with van der Waals surface area (Å²) in [5.41, 5.74) is 0. The lowest BCUT2D eigenvalue weighted by Gasteiger charge is -2.07. The topological polar surface area (TPSA) is 53.9 Å². The Morgan fingerprint density at radius 2 is 2.54 bits per heavy atom. The van der Waals surface area contributed by atoms with Gasteiger partial charge < -0.3 is 10.1 Å². The molecule has 2 heterocycles. The van der Waals surface area contributed by atoms with Gasteiger partial charge in [0, 0.05) is 13.0 Å². The van der Waals surface area contributed by atoms with E-state index in [-0.39, 0.29) is 6.03 Å². The van der Waals surface area contributed by atoms with Gasteiger partial charge in [0.2, 0.25) is 5.90 Å². The fourth-order valence-electron chi connectivity index (χ4n) is 1.12. The molecule has 0 aliphatic carbocycles. The van der Waals surface area contributed by atoms with Gasteiger partial charge in [-0.2, -0.15) is 0 Å². The second-order valence-corrected chi connectivity index (χ2v) is 3.04. The maximum atomic E-state index is 11.0. The number of urea groups is 1. The van der Waals surface area contributed by atoms with Crippen molar-refractivity contribution in [2.24, 2.45) is 5.10 Å². The summed E-state index contributed by atoms with van der Waals surface area (Å²) >= 11 is 5.57. The molecule has 0 aromatic heterocycles. The zero-order valence-corrected chi connectivity index (χ0v) is 7.54. The number of nitrogens with zero attached hydrogens (tertiary/aromatic N) is 2. The van der Waals surface area contributed by atoms with Crippen LogP contribution < -0.4 is 5.32 Å². The summed E-state index contributed by atoms with van der Waals surface area (Å²) in [6, 6.07) is -0.195. The third-order valence-corrected chi connectivity index (χ3v) is 1.95. The second-order valence-electron chi connectivity index (χ2n) is 2.66. The fraction of sp³-hybridized carbons (Fsp3) is 0.429. The van der Waals surface area contributed by atoms with Gasteiger partial charge in [-0.15, -0.1) is 5.10 Å². The summed E-state index contributed by atoms with van der Waals surface area (Å²) in [5.74, 6) is 0.460. The lowest BCUT2D eigenvalue weighted by molar-refractivity contribution is 0.218. The van der Waals surface area contributed by atoms with E-state index < -0.39 is 0 Å². The molecule has 1 fully saturated rings. The number of halogens is 1. The van der Waals surface area contributed by atoms with E-state index in [1.165, 1.54) is 5.01 Å². The van der Waals surface area contributed by atoms with Crippen LogP contribution >= 0.6 is 11.6 Å². The number of ether oxygens (including phenoxy) is 1. The van der Waals surface area contributed by atoms with E-state index in [2.05, 4.69) is 10.4 Å². The van der Waals surface area contributed by atoms with E-state index in [0.29, 0.717) is 30.6 Å². The number of carbonyl (C=O) groups excluding carboxylic acids is 1. The molecule has 0 spiro atoms. The highest BCUT2D eigenvalue weighted by molar-refractivity contribution is 6.29. The first-order valence-corrected chi connectivity index (χ1v) is 4.30. The average Bonchev–Trinajstić information content (AvgIpc) is 2.64. The highest BCUT2D eigenvalue weighted by Gasteiger charge is 2.21. The first-order chi connectivity index (χ1) is 6.25. The minimum absolute atomic E-state index is 0.195. The fourth-order valence-corrected chi connectivity index (χ4v) is 1.28. The number of carbonyl (C=O) groups is 1. The molecule has 0 aromatic rings. The van der Waals surface area contributed by atoms with Crippen molar-refractivity contribution in [3.63, 3.8) is 0 Å². The van der Waals surface area contributed by atoms with Crippen LogP contribution in [0.4, 0.5) is 4.79 Å². The molecule has 2 aliphatic rings. The Bertz CT molecular complexity index is 300. The molecule has 2 rings (SSSR count). The Balaban J connectivity index is 2.00. The molecule has 0 radical (unpaired) electrons. The van der Waals surface area contributed by atoms with Gasteiger partial charge in [-0.05, 0) is 17.7 Å². The maximum Gasteiger partial charge on any atom is 0.338 e. The molecular weight excluding hydrogens is 194 g/mol. The lowest BCUT2D eigenvalue weighted by atomic mass is 10.5. The summed E-state index contributed by atoms with van der Waals surface area (Å²) < 4.78 is 5.03. The Morgan fingerprint density at radius 1 is 1.69 bits per heavy atom. The van der Waals surface area contributed by atoms with Crippen LogP contribution in [0.2, 0.25) is 0 Å². The molecule has 0 unspecified atom stereocenters. The van der Waals surface area contributed by atoms with Crippen LogP contribution in [-0.2, 0) is 4.74 Å². The zero-order valence-electron chi connectivity index (χ0n) is 6.79. The van der Waals surface area contributed by atoms with Gasteiger partial charge >= 0.3 is 6.03 Å². The molecule has 70 valence electrons. The van der Waals surface area contributed by atoms with Crippen molar-refractivity contribution in [3.05, 3.63) is 11.3 Å². The Kier molecular flexibility index (Phi) is 2.10. The van der Waals surface area contributed by atoms with Crippen LogP contribution in [-0.4, -0.2) is 30.0 Å². The second kappa shape index (κ2) is 3.26. The van der Waals surface area contributed by atoms with Crippen LogP contribution in [0.15, 0.2) is 16.4 Å².